The largest absolute Gasteiger partial charge is 0.356 e. The highest BCUT2D eigenvalue weighted by Gasteiger charge is 2.03. The van der Waals surface area contributed by atoms with Gasteiger partial charge < -0.3 is 5.32 Å². The van der Waals surface area contributed by atoms with E-state index >= 15 is 0 Å². The molecular formula is C14H15FN2OS. The topological polar surface area (TPSA) is 42.0 Å². The maximum absolute atomic E-state index is 12.9. The lowest BCUT2D eigenvalue weighted by molar-refractivity contribution is -0.121. The molecule has 0 saturated carbocycles. The van der Waals surface area contributed by atoms with E-state index in [1.165, 1.54) is 12.1 Å². The highest BCUT2D eigenvalue weighted by atomic mass is 32.1. The molecule has 0 aliphatic carbocycles. The highest BCUT2D eigenvalue weighted by Crippen LogP contribution is 2.06. The third kappa shape index (κ3) is 4.79. The van der Waals surface area contributed by atoms with Gasteiger partial charge in [-0.15, -0.1) is 11.3 Å². The van der Waals surface area contributed by atoms with Crippen LogP contribution in [0.3, 0.4) is 0 Å². The van der Waals surface area contributed by atoms with Crippen LogP contribution < -0.4 is 5.32 Å². The van der Waals surface area contributed by atoms with Crippen LogP contribution in [0.2, 0.25) is 0 Å². The standard InChI is InChI=1S/C14H15FN2OS/c15-12-3-1-2-11(8-12)4-5-14(18)16-7-6-13-9-19-10-17-13/h1-3,8-10H,4-7H2,(H,16,18). The maximum Gasteiger partial charge on any atom is 0.220 e. The third-order valence-electron chi connectivity index (χ3n) is 2.72. The van der Waals surface area contributed by atoms with E-state index in [0.717, 1.165) is 17.7 Å². The van der Waals surface area contributed by atoms with Gasteiger partial charge in [0.1, 0.15) is 5.82 Å². The summed E-state index contributed by atoms with van der Waals surface area (Å²) in [5, 5.41) is 4.81. The Kier molecular flexibility index (Phi) is 5.03. The number of hydrogen-bond acceptors (Lipinski definition) is 3. The quantitative estimate of drug-likeness (QED) is 0.882. The van der Waals surface area contributed by atoms with Crippen LogP contribution in [-0.2, 0) is 17.6 Å². The first-order valence-corrected chi connectivity index (χ1v) is 7.06. The first kappa shape index (κ1) is 13.7. The first-order chi connectivity index (χ1) is 9.24. The van der Waals surface area contributed by atoms with Crippen molar-refractivity contribution in [3.8, 4) is 0 Å². The van der Waals surface area contributed by atoms with Crippen molar-refractivity contribution in [1.29, 1.82) is 0 Å². The fraction of sp³-hybridized carbons (Fsp3) is 0.286. The summed E-state index contributed by atoms with van der Waals surface area (Å²) in [7, 11) is 0. The van der Waals surface area contributed by atoms with Crippen LogP contribution in [0.15, 0.2) is 35.2 Å². The Balaban J connectivity index is 1.67. The summed E-state index contributed by atoms with van der Waals surface area (Å²) >= 11 is 1.55. The van der Waals surface area contributed by atoms with Crippen LogP contribution in [0.4, 0.5) is 4.39 Å². The number of nitrogens with zero attached hydrogens (tertiary/aromatic N) is 1. The Labute approximate surface area is 115 Å². The van der Waals surface area contributed by atoms with Gasteiger partial charge in [-0.05, 0) is 24.1 Å². The first-order valence-electron chi connectivity index (χ1n) is 6.12. The molecule has 2 aromatic rings. The van der Waals surface area contributed by atoms with Crippen LogP contribution in [0.25, 0.3) is 0 Å². The van der Waals surface area contributed by atoms with Gasteiger partial charge in [-0.1, -0.05) is 12.1 Å². The molecule has 1 amide bonds. The van der Waals surface area contributed by atoms with Gasteiger partial charge in [0.05, 0.1) is 11.2 Å². The molecule has 0 spiro atoms. The second-order valence-corrected chi connectivity index (χ2v) is 4.93. The Morgan fingerprint density at radius 2 is 2.26 bits per heavy atom. The molecule has 0 aliphatic rings. The lowest BCUT2D eigenvalue weighted by Crippen LogP contribution is -2.25. The van der Waals surface area contributed by atoms with E-state index in [1.54, 1.807) is 22.9 Å². The SMILES string of the molecule is O=C(CCc1cccc(F)c1)NCCc1cscn1. The van der Waals surface area contributed by atoms with Crippen molar-refractivity contribution in [2.45, 2.75) is 19.3 Å². The Morgan fingerprint density at radius 1 is 1.37 bits per heavy atom. The van der Waals surface area contributed by atoms with Gasteiger partial charge in [0.2, 0.25) is 5.91 Å². The van der Waals surface area contributed by atoms with Gasteiger partial charge in [0.25, 0.3) is 0 Å². The number of rotatable bonds is 6. The average molecular weight is 278 g/mol. The fourth-order valence-electron chi connectivity index (χ4n) is 1.73. The van der Waals surface area contributed by atoms with Crippen molar-refractivity contribution in [3.63, 3.8) is 0 Å². The second-order valence-electron chi connectivity index (χ2n) is 4.21. The molecule has 0 unspecified atom stereocenters. The van der Waals surface area contributed by atoms with Crippen LogP contribution in [0.5, 0.6) is 0 Å². The van der Waals surface area contributed by atoms with Gasteiger partial charge in [0, 0.05) is 24.8 Å². The molecule has 5 heteroatoms. The number of benzene rings is 1. The predicted molar refractivity (Wildman–Crippen MR) is 73.5 cm³/mol. The fourth-order valence-corrected chi connectivity index (χ4v) is 2.32. The molecule has 0 bridgehead atoms. The number of carbonyl (C=O) groups is 1. The minimum atomic E-state index is -0.263. The molecule has 1 heterocycles. The van der Waals surface area contributed by atoms with Crippen LogP contribution in [-0.4, -0.2) is 17.4 Å². The Morgan fingerprint density at radius 3 is 3.00 bits per heavy atom. The molecule has 1 aromatic heterocycles. The van der Waals surface area contributed by atoms with Gasteiger partial charge in [-0.25, -0.2) is 9.37 Å². The molecule has 3 nitrogen and oxygen atoms in total. The molecule has 0 fully saturated rings. The molecule has 1 aromatic carbocycles. The number of thiazole rings is 1. The summed E-state index contributed by atoms with van der Waals surface area (Å²) < 4.78 is 12.9. The molecule has 0 aliphatic heterocycles. The minimum Gasteiger partial charge on any atom is -0.356 e. The molecule has 0 atom stereocenters. The molecule has 19 heavy (non-hydrogen) atoms. The summed E-state index contributed by atoms with van der Waals surface area (Å²) in [4.78, 5) is 15.7. The number of nitrogens with one attached hydrogen (secondary N) is 1. The zero-order chi connectivity index (χ0) is 13.5. The zero-order valence-corrected chi connectivity index (χ0v) is 11.3. The van der Waals surface area contributed by atoms with E-state index in [-0.39, 0.29) is 11.7 Å². The number of carbonyl (C=O) groups excluding carboxylic acids is 1. The minimum absolute atomic E-state index is 0.0144. The molecule has 0 saturated heterocycles. The number of aromatic nitrogens is 1. The molecule has 2 rings (SSSR count). The zero-order valence-electron chi connectivity index (χ0n) is 10.4. The summed E-state index contributed by atoms with van der Waals surface area (Å²) in [6, 6.07) is 6.34. The van der Waals surface area contributed by atoms with Crippen LogP contribution in [0.1, 0.15) is 17.7 Å². The van der Waals surface area contributed by atoms with Gasteiger partial charge in [0.15, 0.2) is 0 Å². The van der Waals surface area contributed by atoms with Crippen molar-refractivity contribution >= 4 is 17.2 Å². The van der Waals surface area contributed by atoms with E-state index in [2.05, 4.69) is 10.3 Å². The van der Waals surface area contributed by atoms with Crippen LogP contribution in [0, 0.1) is 5.82 Å². The average Bonchev–Trinajstić information content (AvgIpc) is 2.90. The predicted octanol–water partition coefficient (Wildman–Crippen LogP) is 2.57. The lowest BCUT2D eigenvalue weighted by atomic mass is 10.1. The third-order valence-corrected chi connectivity index (χ3v) is 3.35. The van der Waals surface area contributed by atoms with E-state index in [9.17, 15) is 9.18 Å². The molecular weight excluding hydrogens is 263 g/mol. The summed E-state index contributed by atoms with van der Waals surface area (Å²) in [6.45, 7) is 0.589. The Hall–Kier alpha value is -1.75. The van der Waals surface area contributed by atoms with Gasteiger partial charge >= 0.3 is 0 Å². The summed E-state index contributed by atoms with van der Waals surface area (Å²) in [6.07, 6.45) is 1.68. The van der Waals surface area contributed by atoms with E-state index < -0.39 is 0 Å². The normalized spacial score (nSPS) is 10.4. The van der Waals surface area contributed by atoms with Gasteiger partial charge in [-0.2, -0.15) is 0 Å². The highest BCUT2D eigenvalue weighted by molar-refractivity contribution is 7.07. The lowest BCUT2D eigenvalue weighted by Gasteiger charge is -2.04. The molecule has 1 N–H and O–H groups in total. The van der Waals surface area contributed by atoms with E-state index in [0.29, 0.717) is 19.4 Å². The van der Waals surface area contributed by atoms with Gasteiger partial charge in [-0.3, -0.25) is 4.79 Å². The summed E-state index contributed by atoms with van der Waals surface area (Å²) in [5.41, 5.74) is 3.62. The van der Waals surface area contributed by atoms with Crippen molar-refractivity contribution in [3.05, 3.63) is 52.2 Å². The van der Waals surface area contributed by atoms with Crippen LogP contribution >= 0.6 is 11.3 Å². The monoisotopic (exact) mass is 278 g/mol. The maximum atomic E-state index is 12.9. The number of amides is 1. The van der Waals surface area contributed by atoms with Crippen molar-refractivity contribution < 1.29 is 9.18 Å². The molecule has 0 radical (unpaired) electrons. The van der Waals surface area contributed by atoms with Crippen molar-refractivity contribution in [1.82, 2.24) is 10.3 Å². The summed E-state index contributed by atoms with van der Waals surface area (Å²) in [5.74, 6) is -0.277. The van der Waals surface area contributed by atoms with E-state index in [4.69, 9.17) is 0 Å². The van der Waals surface area contributed by atoms with Crippen molar-refractivity contribution in [2.24, 2.45) is 0 Å². The smallest absolute Gasteiger partial charge is 0.220 e. The Bertz CT molecular complexity index is 528. The molecule has 100 valence electrons. The number of hydrogen-bond donors (Lipinski definition) is 1. The number of halogens is 1. The number of aryl methyl sites for hydroxylation is 1. The van der Waals surface area contributed by atoms with E-state index in [1.807, 2.05) is 11.4 Å². The second kappa shape index (κ2) is 6.99. The van der Waals surface area contributed by atoms with Crippen molar-refractivity contribution in [2.75, 3.05) is 6.54 Å².